The first-order valence-electron chi connectivity index (χ1n) is 5.76. The summed E-state index contributed by atoms with van der Waals surface area (Å²) in [6, 6.07) is 1.73. The van der Waals surface area contributed by atoms with E-state index in [4.69, 9.17) is 17.0 Å². The molecule has 0 fully saturated rings. The topological polar surface area (TPSA) is 47.0 Å². The Bertz CT molecular complexity index is 450. The van der Waals surface area contributed by atoms with Crippen LogP contribution < -0.4 is 5.69 Å². The van der Waals surface area contributed by atoms with Crippen LogP contribution in [0.5, 0.6) is 0 Å². The minimum Gasteiger partial charge on any atom is -0.502 e. The summed E-state index contributed by atoms with van der Waals surface area (Å²) in [7, 11) is 0. The highest BCUT2D eigenvalue weighted by Gasteiger charge is 1.95. The molecule has 1 aromatic heterocycles. The number of aryl methyl sites for hydroxylation is 1. The largest absolute Gasteiger partial charge is 0.502 e. The zero-order chi connectivity index (χ0) is 12.5. The number of aromatic nitrogens is 2. The zero-order valence-electron chi connectivity index (χ0n) is 9.85. The second-order valence-corrected chi connectivity index (χ2v) is 4.20. The molecule has 0 radical (unpaired) electrons. The van der Waals surface area contributed by atoms with Crippen LogP contribution in [0.1, 0.15) is 25.7 Å². The van der Waals surface area contributed by atoms with Crippen molar-refractivity contribution >= 4 is 12.2 Å². The van der Waals surface area contributed by atoms with Gasteiger partial charge >= 0.3 is 5.69 Å². The summed E-state index contributed by atoms with van der Waals surface area (Å²) < 4.78 is 7.15. The lowest BCUT2D eigenvalue weighted by molar-refractivity contribution is 0.241. The Kier molecular flexibility index (Phi) is 6.32. The molecule has 4 nitrogen and oxygen atoms in total. The predicted octanol–water partition coefficient (Wildman–Crippen LogP) is 2.63. The van der Waals surface area contributed by atoms with Crippen LogP contribution in [0.3, 0.4) is 0 Å². The van der Waals surface area contributed by atoms with Crippen LogP contribution >= 0.6 is 12.2 Å². The fourth-order valence-electron chi connectivity index (χ4n) is 1.52. The summed E-state index contributed by atoms with van der Waals surface area (Å²) in [5.41, 5.74) is -0.132. The summed E-state index contributed by atoms with van der Waals surface area (Å²) in [5.74, 6) is 0. The Morgan fingerprint density at radius 3 is 2.88 bits per heavy atom. The van der Waals surface area contributed by atoms with E-state index in [1.807, 2.05) is 0 Å². The average molecular weight is 254 g/mol. The van der Waals surface area contributed by atoms with Gasteiger partial charge in [0.1, 0.15) is 4.64 Å². The number of rotatable bonds is 8. The van der Waals surface area contributed by atoms with Crippen molar-refractivity contribution in [3.63, 3.8) is 0 Å². The van der Waals surface area contributed by atoms with Crippen molar-refractivity contribution in [2.45, 2.75) is 32.2 Å². The normalized spacial score (nSPS) is 10.1. The number of H-pyrrole nitrogens is 1. The van der Waals surface area contributed by atoms with Crippen LogP contribution in [-0.2, 0) is 11.3 Å². The van der Waals surface area contributed by atoms with E-state index < -0.39 is 0 Å². The van der Waals surface area contributed by atoms with E-state index in [1.54, 1.807) is 16.8 Å². The number of hydrogen-bond acceptors (Lipinski definition) is 3. The van der Waals surface area contributed by atoms with E-state index in [9.17, 15) is 4.79 Å². The van der Waals surface area contributed by atoms with Crippen LogP contribution in [0, 0.1) is 4.64 Å². The van der Waals surface area contributed by atoms with E-state index in [-0.39, 0.29) is 5.69 Å². The third kappa shape index (κ3) is 5.49. The Morgan fingerprint density at radius 1 is 1.41 bits per heavy atom. The highest BCUT2D eigenvalue weighted by atomic mass is 32.1. The van der Waals surface area contributed by atoms with E-state index in [2.05, 4.69) is 11.6 Å². The summed E-state index contributed by atoms with van der Waals surface area (Å²) in [6.45, 7) is 4.93. The summed E-state index contributed by atoms with van der Waals surface area (Å²) in [4.78, 5) is 14.1. The van der Waals surface area contributed by atoms with Gasteiger partial charge in [0, 0.05) is 12.7 Å². The molecule has 0 bridgehead atoms. The molecule has 0 amide bonds. The maximum atomic E-state index is 11.5. The molecule has 0 saturated carbocycles. The summed E-state index contributed by atoms with van der Waals surface area (Å²) in [6.07, 6.45) is 7.40. The van der Waals surface area contributed by atoms with Gasteiger partial charge in [-0.2, -0.15) is 0 Å². The molecule has 0 aliphatic rings. The number of ether oxygens (including phenoxy) is 1. The SMILES string of the molecule is C=COCCCCCCn1ccc(=S)[nH]c1=O. The fraction of sp³-hybridized carbons (Fsp3) is 0.500. The van der Waals surface area contributed by atoms with Gasteiger partial charge in [-0.05, 0) is 18.9 Å². The number of hydrogen-bond donors (Lipinski definition) is 1. The molecule has 0 atom stereocenters. The smallest absolute Gasteiger partial charge is 0.326 e. The van der Waals surface area contributed by atoms with Crippen molar-refractivity contribution in [1.29, 1.82) is 0 Å². The Hall–Kier alpha value is -1.36. The molecule has 0 aliphatic carbocycles. The molecular formula is C12H18N2O2S. The summed E-state index contributed by atoms with van der Waals surface area (Å²) >= 11 is 4.86. The van der Waals surface area contributed by atoms with Gasteiger partial charge in [-0.25, -0.2) is 4.79 Å². The third-order valence-electron chi connectivity index (χ3n) is 2.43. The molecule has 0 aromatic carbocycles. The van der Waals surface area contributed by atoms with Crippen LogP contribution in [-0.4, -0.2) is 16.2 Å². The lowest BCUT2D eigenvalue weighted by Crippen LogP contribution is -2.22. The lowest BCUT2D eigenvalue weighted by atomic mass is 10.2. The Labute approximate surface area is 106 Å². The number of nitrogens with one attached hydrogen (secondary N) is 1. The van der Waals surface area contributed by atoms with E-state index in [1.165, 1.54) is 6.26 Å². The second-order valence-electron chi connectivity index (χ2n) is 3.76. The van der Waals surface area contributed by atoms with Gasteiger partial charge in [0.15, 0.2) is 0 Å². The number of aromatic amines is 1. The molecule has 1 N–H and O–H groups in total. The first-order valence-corrected chi connectivity index (χ1v) is 6.17. The zero-order valence-corrected chi connectivity index (χ0v) is 10.7. The molecular weight excluding hydrogens is 236 g/mol. The van der Waals surface area contributed by atoms with Crippen molar-refractivity contribution < 1.29 is 4.74 Å². The minimum atomic E-state index is -0.132. The highest BCUT2D eigenvalue weighted by molar-refractivity contribution is 7.71. The molecule has 1 aromatic rings. The van der Waals surface area contributed by atoms with Crippen LogP contribution in [0.2, 0.25) is 0 Å². The van der Waals surface area contributed by atoms with Crippen molar-refractivity contribution in [3.8, 4) is 0 Å². The van der Waals surface area contributed by atoms with Gasteiger partial charge in [0.25, 0.3) is 0 Å². The molecule has 5 heteroatoms. The molecule has 94 valence electrons. The predicted molar refractivity (Wildman–Crippen MR) is 70.5 cm³/mol. The maximum absolute atomic E-state index is 11.5. The highest BCUT2D eigenvalue weighted by Crippen LogP contribution is 2.01. The number of nitrogens with zero attached hydrogens (tertiary/aromatic N) is 1. The van der Waals surface area contributed by atoms with Gasteiger partial charge in [-0.1, -0.05) is 31.6 Å². The fourth-order valence-corrected chi connectivity index (χ4v) is 1.67. The Morgan fingerprint density at radius 2 is 2.18 bits per heavy atom. The maximum Gasteiger partial charge on any atom is 0.326 e. The first-order chi connectivity index (χ1) is 8.24. The van der Waals surface area contributed by atoms with Crippen molar-refractivity contribution in [2.75, 3.05) is 6.61 Å². The van der Waals surface area contributed by atoms with E-state index >= 15 is 0 Å². The molecule has 0 spiro atoms. The van der Waals surface area contributed by atoms with Crippen LogP contribution in [0.4, 0.5) is 0 Å². The molecule has 0 saturated heterocycles. The Balaban J connectivity index is 2.20. The molecule has 17 heavy (non-hydrogen) atoms. The van der Waals surface area contributed by atoms with Crippen molar-refractivity contribution in [1.82, 2.24) is 9.55 Å². The van der Waals surface area contributed by atoms with E-state index in [0.29, 0.717) is 4.64 Å². The molecule has 1 rings (SSSR count). The van der Waals surface area contributed by atoms with Crippen LogP contribution in [0.15, 0.2) is 29.9 Å². The molecule has 0 aliphatic heterocycles. The third-order valence-corrected chi connectivity index (χ3v) is 2.66. The molecule has 0 unspecified atom stereocenters. The van der Waals surface area contributed by atoms with Crippen molar-refractivity contribution in [2.24, 2.45) is 0 Å². The van der Waals surface area contributed by atoms with Gasteiger partial charge in [0.05, 0.1) is 12.9 Å². The monoisotopic (exact) mass is 254 g/mol. The average Bonchev–Trinajstić information content (AvgIpc) is 2.30. The lowest BCUT2D eigenvalue weighted by Gasteiger charge is -2.04. The van der Waals surface area contributed by atoms with Gasteiger partial charge in [-0.15, -0.1) is 0 Å². The van der Waals surface area contributed by atoms with Gasteiger partial charge in [-0.3, -0.25) is 4.98 Å². The van der Waals surface area contributed by atoms with Gasteiger partial charge < -0.3 is 9.30 Å². The van der Waals surface area contributed by atoms with Crippen molar-refractivity contribution in [3.05, 3.63) is 40.2 Å². The van der Waals surface area contributed by atoms with Crippen LogP contribution in [0.25, 0.3) is 0 Å². The van der Waals surface area contributed by atoms with E-state index in [0.717, 1.165) is 38.8 Å². The quantitative estimate of drug-likeness (QED) is 0.441. The minimum absolute atomic E-state index is 0.132. The standard InChI is InChI=1S/C12H18N2O2S/c1-2-16-10-6-4-3-5-8-14-9-7-11(17)13-12(14)15/h2,7,9H,1,3-6,8,10H2,(H,13,15,17). The molecule has 1 heterocycles. The first kappa shape index (κ1) is 13.7. The second kappa shape index (κ2) is 7.84. The summed E-state index contributed by atoms with van der Waals surface area (Å²) in [5, 5.41) is 0. The van der Waals surface area contributed by atoms with Gasteiger partial charge in [0.2, 0.25) is 0 Å². The number of unbranched alkanes of at least 4 members (excludes halogenated alkanes) is 3.